The molecule has 3 heteroatoms. The van der Waals surface area contributed by atoms with Gasteiger partial charge in [0.05, 0.1) is 0 Å². The van der Waals surface area contributed by atoms with Crippen molar-refractivity contribution in [2.24, 2.45) is 0 Å². The first-order valence-corrected chi connectivity index (χ1v) is 4.46. The standard InChI is InChI=1S/C10H13NO2/c1-2-3-6-11-8-4-5-9(12)10(13)7-8/h4-5,7,11H,2-3,6H2,1H3. The highest BCUT2D eigenvalue weighted by Gasteiger charge is 2.12. The summed E-state index contributed by atoms with van der Waals surface area (Å²) in [5.41, 5.74) is 0.734. The lowest BCUT2D eigenvalue weighted by molar-refractivity contribution is -0.131. The summed E-state index contributed by atoms with van der Waals surface area (Å²) in [4.78, 5) is 21.7. The number of carbonyl (C=O) groups is 2. The van der Waals surface area contributed by atoms with Gasteiger partial charge in [-0.25, -0.2) is 0 Å². The first-order chi connectivity index (χ1) is 6.24. The van der Waals surface area contributed by atoms with Crippen molar-refractivity contribution in [2.45, 2.75) is 19.8 Å². The summed E-state index contributed by atoms with van der Waals surface area (Å²) in [6, 6.07) is 0. The Morgan fingerprint density at radius 2 is 2.00 bits per heavy atom. The number of nitrogens with one attached hydrogen (secondary N) is 1. The molecule has 0 radical (unpaired) electrons. The van der Waals surface area contributed by atoms with Gasteiger partial charge in [0.1, 0.15) is 0 Å². The highest BCUT2D eigenvalue weighted by atomic mass is 16.2. The monoisotopic (exact) mass is 179 g/mol. The van der Waals surface area contributed by atoms with Gasteiger partial charge >= 0.3 is 0 Å². The highest BCUT2D eigenvalue weighted by Crippen LogP contribution is 2.01. The molecule has 0 bridgehead atoms. The first kappa shape index (κ1) is 9.71. The molecule has 1 N–H and O–H groups in total. The van der Waals surface area contributed by atoms with E-state index in [1.165, 1.54) is 12.2 Å². The van der Waals surface area contributed by atoms with Crippen LogP contribution in [0.15, 0.2) is 23.9 Å². The van der Waals surface area contributed by atoms with Gasteiger partial charge in [0.2, 0.25) is 11.6 Å². The maximum atomic E-state index is 10.9. The van der Waals surface area contributed by atoms with E-state index >= 15 is 0 Å². The van der Waals surface area contributed by atoms with Crippen LogP contribution in [-0.4, -0.2) is 18.1 Å². The topological polar surface area (TPSA) is 46.2 Å². The van der Waals surface area contributed by atoms with Gasteiger partial charge in [-0.15, -0.1) is 0 Å². The van der Waals surface area contributed by atoms with Crippen LogP contribution in [0.5, 0.6) is 0 Å². The average molecular weight is 179 g/mol. The quantitative estimate of drug-likeness (QED) is 0.397. The Bertz CT molecular complexity index is 277. The lowest BCUT2D eigenvalue weighted by Gasteiger charge is -2.07. The molecule has 0 saturated carbocycles. The van der Waals surface area contributed by atoms with Crippen molar-refractivity contribution >= 4 is 11.6 Å². The molecule has 0 saturated heterocycles. The van der Waals surface area contributed by atoms with Gasteiger partial charge in [-0.1, -0.05) is 13.3 Å². The highest BCUT2D eigenvalue weighted by molar-refractivity contribution is 6.46. The Kier molecular flexibility index (Phi) is 3.43. The predicted octanol–water partition coefficient (Wildman–Crippen LogP) is 0.968. The van der Waals surface area contributed by atoms with E-state index in [4.69, 9.17) is 0 Å². The largest absolute Gasteiger partial charge is 0.385 e. The van der Waals surface area contributed by atoms with E-state index in [0.717, 1.165) is 25.1 Å². The van der Waals surface area contributed by atoms with Gasteiger partial charge in [-0.05, 0) is 18.6 Å². The minimum atomic E-state index is -0.443. The third-order valence-corrected chi connectivity index (χ3v) is 1.80. The van der Waals surface area contributed by atoms with Gasteiger partial charge in [0.25, 0.3) is 0 Å². The molecule has 0 aromatic heterocycles. The zero-order valence-corrected chi connectivity index (χ0v) is 7.67. The maximum Gasteiger partial charge on any atom is 0.227 e. The smallest absolute Gasteiger partial charge is 0.227 e. The van der Waals surface area contributed by atoms with E-state index in [1.807, 2.05) is 0 Å². The second-order valence-electron chi connectivity index (χ2n) is 2.94. The Morgan fingerprint density at radius 3 is 2.62 bits per heavy atom. The fourth-order valence-electron chi connectivity index (χ4n) is 1.03. The summed E-state index contributed by atoms with van der Waals surface area (Å²) >= 11 is 0. The Balaban J connectivity index is 2.44. The molecule has 3 nitrogen and oxygen atoms in total. The van der Waals surface area contributed by atoms with Crippen LogP contribution in [0, 0.1) is 0 Å². The lowest BCUT2D eigenvalue weighted by atomic mass is 10.1. The molecule has 0 fully saturated rings. The van der Waals surface area contributed by atoms with Crippen LogP contribution in [0.1, 0.15) is 19.8 Å². The molecule has 0 aromatic carbocycles. The first-order valence-electron chi connectivity index (χ1n) is 4.46. The lowest BCUT2D eigenvalue weighted by Crippen LogP contribution is -2.20. The number of unbranched alkanes of at least 4 members (excludes halogenated alkanes) is 1. The fourth-order valence-corrected chi connectivity index (χ4v) is 1.03. The second kappa shape index (κ2) is 4.60. The SMILES string of the molecule is CCCCNC1=CC(=O)C(=O)C=C1. The van der Waals surface area contributed by atoms with E-state index in [0.29, 0.717) is 0 Å². The van der Waals surface area contributed by atoms with E-state index in [-0.39, 0.29) is 0 Å². The van der Waals surface area contributed by atoms with Crippen LogP contribution in [0.2, 0.25) is 0 Å². The van der Waals surface area contributed by atoms with E-state index in [2.05, 4.69) is 12.2 Å². The number of hydrogen-bond acceptors (Lipinski definition) is 3. The Hall–Kier alpha value is -1.38. The molecule has 0 amide bonds. The van der Waals surface area contributed by atoms with Gasteiger partial charge in [0.15, 0.2) is 0 Å². The molecule has 1 aliphatic carbocycles. The van der Waals surface area contributed by atoms with Crippen molar-refractivity contribution in [3.63, 3.8) is 0 Å². The number of rotatable bonds is 4. The van der Waals surface area contributed by atoms with Crippen molar-refractivity contribution in [3.05, 3.63) is 23.9 Å². The number of allylic oxidation sites excluding steroid dienone is 3. The molecule has 1 rings (SSSR count). The summed E-state index contributed by atoms with van der Waals surface area (Å²) in [7, 11) is 0. The summed E-state index contributed by atoms with van der Waals surface area (Å²) in [6.45, 7) is 2.94. The third kappa shape index (κ3) is 2.86. The molecule has 0 aliphatic heterocycles. The number of carbonyl (C=O) groups excluding carboxylic acids is 2. The van der Waals surface area contributed by atoms with Crippen LogP contribution < -0.4 is 5.32 Å². The molecule has 0 spiro atoms. The van der Waals surface area contributed by atoms with Crippen molar-refractivity contribution in [3.8, 4) is 0 Å². The molecule has 0 aromatic rings. The van der Waals surface area contributed by atoms with Crippen molar-refractivity contribution in [1.29, 1.82) is 0 Å². The molecule has 0 heterocycles. The summed E-state index contributed by atoms with van der Waals surface area (Å²) in [5, 5.41) is 3.07. The van der Waals surface area contributed by atoms with E-state index in [1.54, 1.807) is 6.08 Å². The van der Waals surface area contributed by atoms with Crippen LogP contribution in [-0.2, 0) is 9.59 Å². The molecular weight excluding hydrogens is 166 g/mol. The number of ketones is 2. The molecule has 0 atom stereocenters. The summed E-state index contributed by atoms with van der Waals surface area (Å²) < 4.78 is 0. The maximum absolute atomic E-state index is 10.9. The van der Waals surface area contributed by atoms with Gasteiger partial charge < -0.3 is 5.32 Å². The van der Waals surface area contributed by atoms with Crippen LogP contribution in [0.3, 0.4) is 0 Å². The predicted molar refractivity (Wildman–Crippen MR) is 50.1 cm³/mol. The van der Waals surface area contributed by atoms with Crippen molar-refractivity contribution in [1.82, 2.24) is 5.32 Å². The van der Waals surface area contributed by atoms with Crippen LogP contribution >= 0.6 is 0 Å². The van der Waals surface area contributed by atoms with Crippen molar-refractivity contribution < 1.29 is 9.59 Å². The van der Waals surface area contributed by atoms with Crippen LogP contribution in [0.25, 0.3) is 0 Å². The fraction of sp³-hybridized carbons (Fsp3) is 0.400. The molecular formula is C10H13NO2. The minimum absolute atomic E-state index is 0.443. The average Bonchev–Trinajstić information content (AvgIpc) is 2.12. The van der Waals surface area contributed by atoms with Gasteiger partial charge in [-0.2, -0.15) is 0 Å². The molecule has 70 valence electrons. The Morgan fingerprint density at radius 1 is 1.23 bits per heavy atom. The van der Waals surface area contributed by atoms with Crippen molar-refractivity contribution in [2.75, 3.05) is 6.54 Å². The minimum Gasteiger partial charge on any atom is -0.385 e. The molecule has 0 unspecified atom stereocenters. The summed E-state index contributed by atoms with van der Waals surface area (Å²) in [5.74, 6) is -0.887. The zero-order chi connectivity index (χ0) is 9.68. The Labute approximate surface area is 77.5 Å². The third-order valence-electron chi connectivity index (χ3n) is 1.80. The zero-order valence-electron chi connectivity index (χ0n) is 7.67. The van der Waals surface area contributed by atoms with E-state index < -0.39 is 11.6 Å². The summed E-state index contributed by atoms with van der Waals surface area (Å²) in [6.07, 6.45) is 6.46. The molecule has 1 aliphatic rings. The van der Waals surface area contributed by atoms with Crippen LogP contribution in [0.4, 0.5) is 0 Å². The second-order valence-corrected chi connectivity index (χ2v) is 2.94. The van der Waals surface area contributed by atoms with E-state index in [9.17, 15) is 9.59 Å². The van der Waals surface area contributed by atoms with Gasteiger partial charge in [-0.3, -0.25) is 9.59 Å². The molecule has 13 heavy (non-hydrogen) atoms. The number of hydrogen-bond donors (Lipinski definition) is 1. The van der Waals surface area contributed by atoms with Gasteiger partial charge in [0, 0.05) is 18.3 Å². The normalized spacial score (nSPS) is 15.9.